The fourth-order valence-electron chi connectivity index (χ4n) is 6.20. The topological polar surface area (TPSA) is 210 Å². The molecule has 0 saturated heterocycles. The fourth-order valence-corrected chi connectivity index (χ4v) is 7.18. The zero-order chi connectivity index (χ0) is 43.6. The van der Waals surface area contributed by atoms with Gasteiger partial charge in [-0.05, 0) is 38.5 Å². The molecular weight excluding hydrogens is 779 g/mol. The molecule has 8 atom stereocenters. The summed E-state index contributed by atoms with van der Waals surface area (Å²) >= 11 is 0. The summed E-state index contributed by atoms with van der Waals surface area (Å²) in [6.45, 7) is 3.02. The molecule has 0 aliphatic heterocycles. The molecule has 0 bridgehead atoms. The molecule has 6 N–H and O–H groups in total. The highest BCUT2D eigenvalue weighted by Gasteiger charge is 2.51. The van der Waals surface area contributed by atoms with Crippen molar-refractivity contribution in [2.45, 2.75) is 185 Å². The van der Waals surface area contributed by atoms with Crippen LogP contribution in [0.4, 0.5) is 0 Å². The maximum atomic E-state index is 12.8. The van der Waals surface area contributed by atoms with Crippen LogP contribution in [-0.4, -0.2) is 98.3 Å². The molecular formula is C45H75O13P. The highest BCUT2D eigenvalue weighted by Crippen LogP contribution is 2.47. The summed E-state index contributed by atoms with van der Waals surface area (Å²) < 4.78 is 33.2. The Morgan fingerprint density at radius 1 is 0.576 bits per heavy atom. The first-order valence-electron chi connectivity index (χ1n) is 21.8. The number of esters is 2. The minimum Gasteiger partial charge on any atom is -0.462 e. The van der Waals surface area contributed by atoms with Gasteiger partial charge in [-0.1, -0.05) is 164 Å². The standard InChI is InChI=1S/C45H75O13P/c1-3-5-7-9-11-13-15-17-19-21-23-25-27-29-31-33-38(46)55-35-37(36-56-59(53,54)58-45-43(51)41(49)40(48)42(50)44(45)52)57-39(47)34-32-30-28-26-24-22-20-18-16-14-12-10-8-6-4-2/h5,7,9,11,13,15,17,19,28,30,32,34,37,40-45,48-52H,3-4,6,8,10,12,14,16,18,20-27,29,31,33,35-36H2,1-2H3,(H,53,54)/b7-5+,11-9+,15-13+,19-17+,30-28+,34-32+/t37-,40?,41-,42?,43?,44?,45?/m1/s1. The van der Waals surface area contributed by atoms with Crippen LogP contribution in [0.15, 0.2) is 72.9 Å². The molecule has 1 aliphatic carbocycles. The molecule has 1 fully saturated rings. The lowest BCUT2D eigenvalue weighted by atomic mass is 9.85. The first-order valence-corrected chi connectivity index (χ1v) is 23.3. The predicted octanol–water partition coefficient (Wildman–Crippen LogP) is 7.94. The molecule has 13 nitrogen and oxygen atoms in total. The number of aliphatic hydroxyl groups excluding tert-OH is 5. The first-order chi connectivity index (χ1) is 28.4. The average Bonchev–Trinajstić information content (AvgIpc) is 3.21. The van der Waals surface area contributed by atoms with Crippen LogP contribution in [0, 0.1) is 0 Å². The summed E-state index contributed by atoms with van der Waals surface area (Å²) in [7, 11) is -5.15. The number of allylic oxidation sites excluding steroid dienone is 11. The van der Waals surface area contributed by atoms with E-state index in [0.29, 0.717) is 6.42 Å². The van der Waals surface area contributed by atoms with Gasteiger partial charge in [0.2, 0.25) is 0 Å². The highest BCUT2D eigenvalue weighted by atomic mass is 31.2. The van der Waals surface area contributed by atoms with Gasteiger partial charge in [-0.3, -0.25) is 13.8 Å². The molecule has 59 heavy (non-hydrogen) atoms. The van der Waals surface area contributed by atoms with Crippen molar-refractivity contribution in [1.82, 2.24) is 0 Å². The van der Waals surface area contributed by atoms with Crippen molar-refractivity contribution < 1.29 is 63.1 Å². The van der Waals surface area contributed by atoms with E-state index in [1.54, 1.807) is 6.08 Å². The minimum atomic E-state index is -5.15. The molecule has 0 aromatic rings. The first kappa shape index (κ1) is 54.3. The van der Waals surface area contributed by atoms with Gasteiger partial charge in [-0.15, -0.1) is 0 Å². The lowest BCUT2D eigenvalue weighted by molar-refractivity contribution is -0.220. The van der Waals surface area contributed by atoms with Gasteiger partial charge in [-0.25, -0.2) is 9.36 Å². The molecule has 0 aromatic heterocycles. The van der Waals surface area contributed by atoms with Crippen molar-refractivity contribution in [3.8, 4) is 0 Å². The van der Waals surface area contributed by atoms with E-state index in [-0.39, 0.29) is 6.42 Å². The van der Waals surface area contributed by atoms with Crippen molar-refractivity contribution in [3.63, 3.8) is 0 Å². The fraction of sp³-hybridized carbons (Fsp3) is 0.689. The van der Waals surface area contributed by atoms with Crippen LogP contribution >= 0.6 is 7.82 Å². The summed E-state index contributed by atoms with van der Waals surface area (Å²) in [5.74, 6) is -1.39. The minimum absolute atomic E-state index is 0.118. The van der Waals surface area contributed by atoms with E-state index < -0.39 is 75.7 Å². The Bertz CT molecular complexity index is 1310. The van der Waals surface area contributed by atoms with Gasteiger partial charge in [0.1, 0.15) is 43.2 Å². The smallest absolute Gasteiger partial charge is 0.462 e. The number of hydrogen-bond acceptors (Lipinski definition) is 12. The molecule has 6 unspecified atom stereocenters. The third-order valence-electron chi connectivity index (χ3n) is 9.73. The van der Waals surface area contributed by atoms with E-state index in [0.717, 1.165) is 63.9 Å². The molecule has 0 radical (unpaired) electrons. The van der Waals surface area contributed by atoms with Gasteiger partial charge < -0.3 is 39.9 Å². The number of phosphoric acid groups is 1. The molecule has 0 spiro atoms. The Balaban J connectivity index is 2.56. The largest absolute Gasteiger partial charge is 0.472 e. The Morgan fingerprint density at radius 2 is 1.03 bits per heavy atom. The number of carbonyl (C=O) groups excluding carboxylic acids is 2. The molecule has 1 rings (SSSR count). The van der Waals surface area contributed by atoms with Gasteiger partial charge in [0.25, 0.3) is 0 Å². The van der Waals surface area contributed by atoms with Crippen molar-refractivity contribution in [1.29, 1.82) is 0 Å². The van der Waals surface area contributed by atoms with Crippen molar-refractivity contribution in [2.24, 2.45) is 0 Å². The van der Waals surface area contributed by atoms with Crippen LogP contribution in [0.25, 0.3) is 0 Å². The van der Waals surface area contributed by atoms with Gasteiger partial charge in [0, 0.05) is 12.5 Å². The molecule has 0 aromatic carbocycles. The lowest BCUT2D eigenvalue weighted by Crippen LogP contribution is -2.64. The quantitative estimate of drug-likeness (QED) is 0.0120. The second-order valence-electron chi connectivity index (χ2n) is 15.0. The Morgan fingerprint density at radius 3 is 1.58 bits per heavy atom. The van der Waals surface area contributed by atoms with E-state index >= 15 is 0 Å². The van der Waals surface area contributed by atoms with Crippen LogP contribution in [0.1, 0.15) is 142 Å². The molecule has 0 amide bonds. The van der Waals surface area contributed by atoms with E-state index in [4.69, 9.17) is 18.5 Å². The Kier molecular flexibility index (Phi) is 32.2. The van der Waals surface area contributed by atoms with Gasteiger partial charge in [-0.2, -0.15) is 0 Å². The molecule has 1 saturated carbocycles. The predicted molar refractivity (Wildman–Crippen MR) is 230 cm³/mol. The number of carbonyl (C=O) groups is 2. The van der Waals surface area contributed by atoms with Crippen LogP contribution in [0.2, 0.25) is 0 Å². The Hall–Kier alpha value is -2.71. The SMILES string of the molecule is CC/C=C/C=C/C=C/C=C/CCCCCCCC(=O)OC[C@H](COP(=O)(O)OC1C(O)C(O)C(O)[C@@H](O)C1O)OC(=O)/C=C/C=C/CCCCCCCCCCCCC. The summed E-state index contributed by atoms with van der Waals surface area (Å²) in [6.07, 6.45) is 30.2. The van der Waals surface area contributed by atoms with Crippen LogP contribution in [-0.2, 0) is 32.7 Å². The van der Waals surface area contributed by atoms with Crippen molar-refractivity contribution in [2.75, 3.05) is 13.2 Å². The maximum absolute atomic E-state index is 12.8. The maximum Gasteiger partial charge on any atom is 0.472 e. The van der Waals surface area contributed by atoms with E-state index in [1.807, 2.05) is 42.5 Å². The summed E-state index contributed by atoms with van der Waals surface area (Å²) in [4.78, 5) is 35.5. The second kappa shape index (κ2) is 34.9. The summed E-state index contributed by atoms with van der Waals surface area (Å²) in [6, 6.07) is 0. The van der Waals surface area contributed by atoms with E-state index in [2.05, 4.69) is 26.0 Å². The normalized spacial score (nSPS) is 23.1. The Labute approximate surface area is 353 Å². The molecule has 1 aliphatic rings. The van der Waals surface area contributed by atoms with Gasteiger partial charge >= 0.3 is 19.8 Å². The van der Waals surface area contributed by atoms with Crippen LogP contribution in [0.5, 0.6) is 0 Å². The second-order valence-corrected chi connectivity index (χ2v) is 16.4. The number of rotatable bonds is 34. The molecule has 338 valence electrons. The number of unbranched alkanes of at least 4 members (excludes halogenated alkanes) is 16. The number of hydrogen-bond donors (Lipinski definition) is 6. The molecule has 0 heterocycles. The van der Waals surface area contributed by atoms with Crippen LogP contribution in [0.3, 0.4) is 0 Å². The third kappa shape index (κ3) is 27.7. The zero-order valence-corrected chi connectivity index (χ0v) is 36.4. The van der Waals surface area contributed by atoms with Gasteiger partial charge in [0.15, 0.2) is 6.10 Å². The van der Waals surface area contributed by atoms with Gasteiger partial charge in [0.05, 0.1) is 6.61 Å². The monoisotopic (exact) mass is 854 g/mol. The van der Waals surface area contributed by atoms with E-state index in [9.17, 15) is 44.6 Å². The lowest BCUT2D eigenvalue weighted by Gasteiger charge is -2.41. The summed E-state index contributed by atoms with van der Waals surface area (Å²) in [5, 5.41) is 50.0. The van der Waals surface area contributed by atoms with Crippen LogP contribution < -0.4 is 0 Å². The number of ether oxygens (including phenoxy) is 2. The zero-order valence-electron chi connectivity index (χ0n) is 35.5. The number of aliphatic hydroxyl groups is 5. The highest BCUT2D eigenvalue weighted by molar-refractivity contribution is 7.47. The van der Waals surface area contributed by atoms with Crippen molar-refractivity contribution >= 4 is 19.8 Å². The summed E-state index contributed by atoms with van der Waals surface area (Å²) in [5.41, 5.74) is 0. The van der Waals surface area contributed by atoms with E-state index in [1.165, 1.54) is 63.9 Å². The third-order valence-corrected chi connectivity index (χ3v) is 10.7. The molecule has 14 heteroatoms. The van der Waals surface area contributed by atoms with Crippen molar-refractivity contribution in [3.05, 3.63) is 72.9 Å². The number of phosphoric ester groups is 1. The average molecular weight is 855 g/mol.